The lowest BCUT2D eigenvalue weighted by atomic mass is 9.85. The highest BCUT2D eigenvalue weighted by atomic mass is 19.1. The lowest BCUT2D eigenvalue weighted by Gasteiger charge is -2.30. The number of rotatable bonds is 23. The van der Waals surface area contributed by atoms with Crippen LogP contribution in [0, 0.1) is 128 Å². The number of benzene rings is 4. The van der Waals surface area contributed by atoms with Crippen LogP contribution >= 0.6 is 0 Å². The van der Waals surface area contributed by atoms with Gasteiger partial charge in [-0.2, -0.15) is 0 Å². The standard InChI is InChI=1S/C24H32FN3O3.C23H30FN3O3.2C22H28FN3O3/c1-9-18(24(5,6)7)27-23(31)21(29)20-14(3)19(15(4)28(20)8)22(30)26-16-10-11-17(25)13(2)12-16;1-8-23(5,6)12-25-22(30)20(28)19-14(3)18(15(4)27(19)7)21(29)26-16-9-10-17(24)13(2)11-16;2*1-12-10-15(8-9-16(12)23)25-20(28)17-13(2)18(26(7)14(17)3)19(27)21(29)24-11-22(4,5)6/h10-12,18H,9H2,1-8H3,(H,26,30)(H,27,31);9-11H,8,12H2,1-7H3,(H,25,30)(H,26,29);2*8-10H,11H2,1-7H3,(H,24,29)(H,25,28)/t18-;;;/m1.../s1. The Balaban J connectivity index is 0.000000283. The van der Waals surface area contributed by atoms with Gasteiger partial charge in [-0.25, -0.2) is 17.6 Å². The molecular formula is C91H118F4N12O12. The lowest BCUT2D eigenvalue weighted by molar-refractivity contribution is -0.118. The molecule has 0 fully saturated rings. The highest BCUT2D eigenvalue weighted by Gasteiger charge is 2.36. The Hall–Kier alpha value is -11.8. The summed E-state index contributed by atoms with van der Waals surface area (Å²) in [6.07, 6.45) is 1.55. The summed E-state index contributed by atoms with van der Waals surface area (Å²) in [5.41, 5.74) is 8.80. The fourth-order valence-corrected chi connectivity index (χ4v) is 13.2. The molecule has 119 heavy (non-hydrogen) atoms. The summed E-state index contributed by atoms with van der Waals surface area (Å²) in [5, 5.41) is 21.8. The summed E-state index contributed by atoms with van der Waals surface area (Å²) < 4.78 is 60.1. The fraction of sp³-hybridized carbons (Fsp3) is 0.429. The molecule has 0 unspecified atom stereocenters. The van der Waals surface area contributed by atoms with E-state index in [0.29, 0.717) is 138 Å². The van der Waals surface area contributed by atoms with E-state index >= 15 is 0 Å². The van der Waals surface area contributed by atoms with Gasteiger partial charge >= 0.3 is 0 Å². The van der Waals surface area contributed by atoms with Gasteiger partial charge < -0.3 is 60.8 Å². The topological polar surface area (TPSA) is 321 Å². The summed E-state index contributed by atoms with van der Waals surface area (Å²) in [4.78, 5) is 153. The molecule has 642 valence electrons. The van der Waals surface area contributed by atoms with E-state index in [2.05, 4.69) is 42.5 Å². The maximum Gasteiger partial charge on any atom is 0.294 e. The lowest BCUT2D eigenvalue weighted by Crippen LogP contribution is -2.46. The van der Waals surface area contributed by atoms with Crippen molar-refractivity contribution in [2.45, 2.75) is 192 Å². The van der Waals surface area contributed by atoms with Crippen LogP contribution in [0.15, 0.2) is 72.8 Å². The summed E-state index contributed by atoms with van der Waals surface area (Å²) >= 11 is 0. The number of hydrogen-bond donors (Lipinski definition) is 8. The first-order valence-corrected chi connectivity index (χ1v) is 39.1. The Kier molecular flexibility index (Phi) is 32.5. The van der Waals surface area contributed by atoms with Gasteiger partial charge in [0.2, 0.25) is 0 Å². The number of Topliss-reactive ketones (excluding diaryl/α,β-unsaturated/α-hetero) is 4. The molecule has 8 aromatic rings. The molecule has 0 radical (unpaired) electrons. The fourth-order valence-electron chi connectivity index (χ4n) is 13.2. The van der Waals surface area contributed by atoms with E-state index in [-0.39, 0.29) is 73.7 Å². The second kappa shape index (κ2) is 39.6. The number of amides is 8. The molecular weight excluding hydrogens is 1530 g/mol. The number of anilines is 4. The largest absolute Gasteiger partial charge is 0.349 e. The van der Waals surface area contributed by atoms with Crippen molar-refractivity contribution in [3.63, 3.8) is 0 Å². The molecule has 8 amide bonds. The van der Waals surface area contributed by atoms with Gasteiger partial charge in [-0.3, -0.25) is 57.5 Å². The SMILES string of the molecule is CCC(C)(C)CNC(=O)C(=O)c1c(C)c(C(=O)Nc2ccc(F)c(C)c2)c(C)n1C.CC[C@@H](NC(=O)C(=O)c1c(C)c(C(=O)Nc2ccc(F)c(C)c2)c(C)n1C)C(C)(C)C.Cc1cc(NC(=O)c2c(C)c(C(=O)C(=O)NCC(C)(C)C)n(C)c2C)ccc1F.Cc1cc(NC(=O)c2c(C)c(C(=O)C(=O)NCC(C)(C)C)n(C)c2C)ccc1F. The molecule has 4 aromatic carbocycles. The average molecular weight is 1650 g/mol. The molecule has 0 aliphatic heterocycles. The Morgan fingerprint density at radius 3 is 0.748 bits per heavy atom. The first kappa shape index (κ1) is 97.7. The molecule has 4 heterocycles. The number of carbonyl (C=O) groups excluding carboxylic acids is 12. The summed E-state index contributed by atoms with van der Waals surface area (Å²) in [5.74, 6) is -8.63. The molecule has 0 spiro atoms. The number of nitrogens with zero attached hydrogens (tertiary/aromatic N) is 4. The van der Waals surface area contributed by atoms with Crippen LogP contribution in [0.4, 0.5) is 40.3 Å². The molecule has 0 aliphatic carbocycles. The van der Waals surface area contributed by atoms with Crippen LogP contribution in [-0.4, -0.2) is 114 Å². The second-order valence-corrected chi connectivity index (χ2v) is 34.4. The third-order valence-electron chi connectivity index (χ3n) is 21.0. The van der Waals surface area contributed by atoms with Gasteiger partial charge in [0.05, 0.1) is 45.0 Å². The second-order valence-electron chi connectivity index (χ2n) is 34.4. The number of hydrogen-bond acceptors (Lipinski definition) is 12. The van der Waals surface area contributed by atoms with Crippen molar-refractivity contribution in [1.82, 2.24) is 39.5 Å². The first-order chi connectivity index (χ1) is 54.8. The van der Waals surface area contributed by atoms with E-state index in [4.69, 9.17) is 0 Å². The molecule has 0 saturated heterocycles. The van der Waals surface area contributed by atoms with E-state index in [0.717, 1.165) is 6.42 Å². The molecule has 0 aliphatic rings. The summed E-state index contributed by atoms with van der Waals surface area (Å²) in [6.45, 7) is 46.7. The zero-order valence-electron chi connectivity index (χ0n) is 74.2. The summed E-state index contributed by atoms with van der Waals surface area (Å²) in [6, 6.07) is 17.0. The molecule has 1 atom stereocenters. The number of aryl methyl sites for hydroxylation is 4. The van der Waals surface area contributed by atoms with Crippen LogP contribution in [-0.2, 0) is 47.4 Å². The van der Waals surface area contributed by atoms with E-state index in [9.17, 15) is 75.1 Å². The van der Waals surface area contributed by atoms with Gasteiger partial charge in [0.25, 0.3) is 70.4 Å². The Morgan fingerprint density at radius 1 is 0.336 bits per heavy atom. The predicted molar refractivity (Wildman–Crippen MR) is 457 cm³/mol. The van der Waals surface area contributed by atoms with Gasteiger partial charge in [-0.05, 0) is 235 Å². The maximum absolute atomic E-state index is 13.5. The predicted octanol–water partition coefficient (Wildman–Crippen LogP) is 15.9. The van der Waals surface area contributed by atoms with E-state index < -0.39 is 70.4 Å². The molecule has 24 nitrogen and oxygen atoms in total. The number of ketones is 4. The monoisotopic (exact) mass is 1650 g/mol. The average Bonchev–Trinajstić information content (AvgIpc) is 1.64. The van der Waals surface area contributed by atoms with Crippen LogP contribution in [0.25, 0.3) is 0 Å². The minimum absolute atomic E-state index is 0.118. The number of nitrogens with one attached hydrogen (secondary N) is 8. The molecule has 0 bridgehead atoms. The van der Waals surface area contributed by atoms with Gasteiger partial charge in [-0.15, -0.1) is 0 Å². The normalized spacial score (nSPS) is 11.6. The van der Waals surface area contributed by atoms with Crippen molar-refractivity contribution in [1.29, 1.82) is 0 Å². The molecule has 4 aromatic heterocycles. The molecule has 0 saturated carbocycles. The smallest absolute Gasteiger partial charge is 0.294 e. The Labute approximate surface area is 695 Å². The zero-order chi connectivity index (χ0) is 90.7. The van der Waals surface area contributed by atoms with Crippen LogP contribution in [0.3, 0.4) is 0 Å². The van der Waals surface area contributed by atoms with Gasteiger partial charge in [-0.1, -0.05) is 90.0 Å². The van der Waals surface area contributed by atoms with Crippen molar-refractivity contribution < 1.29 is 75.1 Å². The Bertz CT molecular complexity index is 5140. The highest BCUT2D eigenvalue weighted by molar-refractivity contribution is 6.45. The highest BCUT2D eigenvalue weighted by Crippen LogP contribution is 2.31. The van der Waals surface area contributed by atoms with Crippen molar-refractivity contribution in [3.05, 3.63) is 208 Å². The maximum atomic E-state index is 13.5. The van der Waals surface area contributed by atoms with Gasteiger partial charge in [0.15, 0.2) is 0 Å². The first-order valence-electron chi connectivity index (χ1n) is 39.1. The van der Waals surface area contributed by atoms with Gasteiger partial charge in [0, 0.05) is 99.4 Å². The van der Waals surface area contributed by atoms with Crippen molar-refractivity contribution >= 4 is 93.1 Å². The zero-order valence-corrected chi connectivity index (χ0v) is 74.2. The van der Waals surface area contributed by atoms with E-state index in [1.54, 1.807) is 130 Å². The van der Waals surface area contributed by atoms with Crippen LogP contribution in [0.5, 0.6) is 0 Å². The van der Waals surface area contributed by atoms with Crippen LogP contribution < -0.4 is 42.5 Å². The molecule has 8 rings (SSSR count). The molecule has 8 N–H and O–H groups in total. The number of carbonyl (C=O) groups is 12. The quantitative estimate of drug-likeness (QED) is 0.0168. The van der Waals surface area contributed by atoms with E-state index in [1.165, 1.54) is 72.8 Å². The molecule has 28 heteroatoms. The number of aromatic nitrogens is 4. The van der Waals surface area contributed by atoms with Crippen molar-refractivity contribution in [2.24, 2.45) is 49.9 Å². The van der Waals surface area contributed by atoms with Crippen LogP contribution in [0.2, 0.25) is 0 Å². The minimum Gasteiger partial charge on any atom is -0.349 e. The summed E-state index contributed by atoms with van der Waals surface area (Å²) in [7, 11) is 6.59. The number of halogens is 4. The van der Waals surface area contributed by atoms with Crippen LogP contribution in [0.1, 0.15) is 254 Å². The van der Waals surface area contributed by atoms with Crippen molar-refractivity contribution in [2.75, 3.05) is 40.9 Å². The van der Waals surface area contributed by atoms with E-state index in [1.807, 2.05) is 90.0 Å². The minimum atomic E-state index is -0.704. The third kappa shape index (κ3) is 24.4. The van der Waals surface area contributed by atoms with Crippen molar-refractivity contribution in [3.8, 4) is 0 Å². The Morgan fingerprint density at radius 2 is 0.555 bits per heavy atom. The van der Waals surface area contributed by atoms with Gasteiger partial charge in [0.1, 0.15) is 23.3 Å². The third-order valence-corrected chi connectivity index (χ3v) is 21.0.